The van der Waals surface area contributed by atoms with Gasteiger partial charge in [-0.05, 0) is 17.9 Å². The molecule has 2 aromatic rings. The highest BCUT2D eigenvalue weighted by Crippen LogP contribution is 2.43. The van der Waals surface area contributed by atoms with Crippen molar-refractivity contribution in [3.63, 3.8) is 0 Å². The monoisotopic (exact) mass is 417 g/mol. The normalized spacial score (nSPS) is 20.4. The molecule has 0 aromatic heterocycles. The van der Waals surface area contributed by atoms with Crippen LogP contribution in [0.3, 0.4) is 0 Å². The number of rotatable bonds is 3. The number of hydrogen-bond donors (Lipinski definition) is 2. The average Bonchev–Trinajstić information content (AvgIpc) is 2.67. The Kier molecular flexibility index (Phi) is 4.86. The number of carbonyl (C=O) groups excluding carboxylic acids is 1. The minimum Gasteiger partial charge on any atom is -0.360 e. The second-order valence-corrected chi connectivity index (χ2v) is 7.87. The van der Waals surface area contributed by atoms with Crippen LogP contribution in [0.25, 0.3) is 0 Å². The van der Waals surface area contributed by atoms with Gasteiger partial charge in [-0.2, -0.15) is 0 Å². The molecule has 2 atom stereocenters. The standard InChI is InChI=1S/C18H16ClN5O3S/c1-2-28-18-21-17(25)15-11-5-3-4-6-13(11)20-16(23(15)22-18)10-7-8-12(19)14(9-10)24(26)27/h3-9,15-16,20H,2H2,1H3,(H,21,22,25)/t15-,16-/m1/s1. The number of amidine groups is 1. The molecule has 0 unspecified atom stereocenters. The summed E-state index contributed by atoms with van der Waals surface area (Å²) in [4.78, 5) is 23.7. The average molecular weight is 418 g/mol. The molecule has 0 saturated heterocycles. The molecule has 0 bridgehead atoms. The number of halogens is 1. The van der Waals surface area contributed by atoms with Gasteiger partial charge in [0.25, 0.3) is 11.6 Å². The summed E-state index contributed by atoms with van der Waals surface area (Å²) in [5.74, 6) is 0.562. The number of amides is 1. The van der Waals surface area contributed by atoms with E-state index in [1.54, 1.807) is 11.1 Å². The number of carbonyl (C=O) groups is 1. The minimum absolute atomic E-state index is 0.0589. The summed E-state index contributed by atoms with van der Waals surface area (Å²) < 4.78 is 0. The van der Waals surface area contributed by atoms with E-state index in [9.17, 15) is 14.9 Å². The number of nitrogens with one attached hydrogen (secondary N) is 2. The fraction of sp³-hybridized carbons (Fsp3) is 0.222. The molecule has 0 radical (unpaired) electrons. The fourth-order valence-corrected chi connectivity index (χ4v) is 4.11. The van der Waals surface area contributed by atoms with E-state index in [1.807, 2.05) is 31.2 Å². The number of benzene rings is 2. The van der Waals surface area contributed by atoms with Gasteiger partial charge in [0.2, 0.25) is 0 Å². The third-order valence-corrected chi connectivity index (χ3v) is 5.59. The Hall–Kier alpha value is -2.78. The summed E-state index contributed by atoms with van der Waals surface area (Å²) in [5, 5.41) is 24.3. The maximum Gasteiger partial charge on any atom is 0.288 e. The summed E-state index contributed by atoms with van der Waals surface area (Å²) >= 11 is 7.39. The van der Waals surface area contributed by atoms with Crippen LogP contribution in [0.5, 0.6) is 0 Å². The molecule has 8 nitrogen and oxygen atoms in total. The Balaban J connectivity index is 1.85. The molecule has 2 aromatic carbocycles. The molecule has 2 heterocycles. The van der Waals surface area contributed by atoms with Gasteiger partial charge >= 0.3 is 0 Å². The molecule has 0 fully saturated rings. The number of hydrogen-bond acceptors (Lipinski definition) is 7. The Labute approximate surface area is 170 Å². The van der Waals surface area contributed by atoms with Gasteiger partial charge in [-0.1, -0.05) is 54.6 Å². The number of anilines is 1. The van der Waals surface area contributed by atoms with Gasteiger partial charge in [0, 0.05) is 22.9 Å². The van der Waals surface area contributed by atoms with E-state index in [4.69, 9.17) is 11.6 Å². The van der Waals surface area contributed by atoms with Crippen LogP contribution in [0.15, 0.2) is 47.6 Å². The van der Waals surface area contributed by atoms with Gasteiger partial charge in [0.15, 0.2) is 11.2 Å². The first-order valence-corrected chi connectivity index (χ1v) is 9.96. The van der Waals surface area contributed by atoms with Crippen molar-refractivity contribution < 1.29 is 9.72 Å². The topological polar surface area (TPSA) is 99.9 Å². The van der Waals surface area contributed by atoms with Gasteiger partial charge in [0.1, 0.15) is 11.2 Å². The quantitative estimate of drug-likeness (QED) is 0.580. The van der Waals surface area contributed by atoms with Gasteiger partial charge in [-0.25, -0.2) is 0 Å². The van der Waals surface area contributed by atoms with E-state index in [0.29, 0.717) is 10.7 Å². The molecule has 144 valence electrons. The first-order valence-electron chi connectivity index (χ1n) is 8.59. The van der Waals surface area contributed by atoms with Crippen LogP contribution in [0, 0.1) is 10.1 Å². The SMILES string of the molecule is CCSC1=NN2[C@H](c3ccc(Cl)c([N+](=O)[O-])c3)Nc3ccccc3[C@@H]2C(=O)N1. The molecule has 28 heavy (non-hydrogen) atoms. The van der Waals surface area contributed by atoms with Crippen molar-refractivity contribution in [2.45, 2.75) is 19.1 Å². The lowest BCUT2D eigenvalue weighted by molar-refractivity contribution is -0.384. The number of hydrazone groups is 1. The summed E-state index contributed by atoms with van der Waals surface area (Å²) in [7, 11) is 0. The molecule has 2 N–H and O–H groups in total. The van der Waals surface area contributed by atoms with Crippen LogP contribution in [-0.4, -0.2) is 26.8 Å². The molecule has 1 amide bonds. The minimum atomic E-state index is -0.640. The summed E-state index contributed by atoms with van der Waals surface area (Å²) in [6, 6.07) is 11.4. The Bertz CT molecular complexity index is 999. The maximum atomic E-state index is 12.9. The van der Waals surface area contributed by atoms with Crippen LogP contribution in [0.2, 0.25) is 5.02 Å². The molecular formula is C18H16ClN5O3S. The van der Waals surface area contributed by atoms with E-state index in [2.05, 4.69) is 15.7 Å². The van der Waals surface area contributed by atoms with Crippen LogP contribution in [0.4, 0.5) is 11.4 Å². The van der Waals surface area contributed by atoms with E-state index in [1.165, 1.54) is 23.9 Å². The van der Waals surface area contributed by atoms with Crippen molar-refractivity contribution in [1.82, 2.24) is 10.3 Å². The van der Waals surface area contributed by atoms with Crippen molar-refractivity contribution >= 4 is 45.8 Å². The molecule has 2 aliphatic rings. The second kappa shape index (κ2) is 7.33. The van der Waals surface area contributed by atoms with Gasteiger partial charge in [-0.15, -0.1) is 5.10 Å². The van der Waals surface area contributed by atoms with Gasteiger partial charge in [-0.3, -0.25) is 19.9 Å². The first-order chi connectivity index (χ1) is 13.5. The van der Waals surface area contributed by atoms with Crippen molar-refractivity contribution in [2.75, 3.05) is 11.1 Å². The van der Waals surface area contributed by atoms with Gasteiger partial charge < -0.3 is 10.6 Å². The highest BCUT2D eigenvalue weighted by atomic mass is 35.5. The maximum absolute atomic E-state index is 12.9. The molecule has 0 aliphatic carbocycles. The molecule has 2 aliphatic heterocycles. The highest BCUT2D eigenvalue weighted by molar-refractivity contribution is 8.13. The van der Waals surface area contributed by atoms with E-state index in [0.717, 1.165) is 17.0 Å². The smallest absolute Gasteiger partial charge is 0.288 e. The summed E-state index contributed by atoms with van der Waals surface area (Å²) in [6.07, 6.45) is -0.561. The third kappa shape index (κ3) is 3.16. The van der Waals surface area contributed by atoms with Crippen molar-refractivity contribution in [1.29, 1.82) is 0 Å². The molecule has 0 spiro atoms. The van der Waals surface area contributed by atoms with Crippen LogP contribution in [0.1, 0.15) is 30.3 Å². The van der Waals surface area contributed by atoms with E-state index >= 15 is 0 Å². The Morgan fingerprint density at radius 2 is 2.11 bits per heavy atom. The first kappa shape index (κ1) is 18.6. The molecule has 10 heteroatoms. The number of nitro benzene ring substituents is 1. The number of thioether (sulfide) groups is 1. The van der Waals surface area contributed by atoms with Gasteiger partial charge in [0.05, 0.1) is 4.92 Å². The van der Waals surface area contributed by atoms with Crippen LogP contribution < -0.4 is 10.6 Å². The predicted octanol–water partition coefficient (Wildman–Crippen LogP) is 3.87. The number of nitrogens with zero attached hydrogens (tertiary/aromatic N) is 3. The summed E-state index contributed by atoms with van der Waals surface area (Å²) in [6.45, 7) is 1.97. The lowest BCUT2D eigenvalue weighted by atomic mass is 9.97. The fourth-order valence-electron chi connectivity index (χ4n) is 3.33. The largest absolute Gasteiger partial charge is 0.360 e. The van der Waals surface area contributed by atoms with Crippen LogP contribution >= 0.6 is 23.4 Å². The zero-order valence-electron chi connectivity index (χ0n) is 14.8. The zero-order chi connectivity index (χ0) is 19.8. The number of fused-ring (bicyclic) bond motifs is 3. The number of para-hydroxylation sites is 1. The Morgan fingerprint density at radius 3 is 2.86 bits per heavy atom. The predicted molar refractivity (Wildman–Crippen MR) is 109 cm³/mol. The van der Waals surface area contributed by atoms with E-state index in [-0.39, 0.29) is 16.6 Å². The van der Waals surface area contributed by atoms with Crippen molar-refractivity contribution in [3.8, 4) is 0 Å². The Morgan fingerprint density at radius 1 is 1.32 bits per heavy atom. The van der Waals surface area contributed by atoms with Crippen molar-refractivity contribution in [2.24, 2.45) is 5.10 Å². The van der Waals surface area contributed by atoms with Crippen molar-refractivity contribution in [3.05, 3.63) is 68.7 Å². The second-order valence-electron chi connectivity index (χ2n) is 6.21. The molecule has 0 saturated carbocycles. The highest BCUT2D eigenvalue weighted by Gasteiger charge is 2.42. The zero-order valence-corrected chi connectivity index (χ0v) is 16.3. The summed E-state index contributed by atoms with van der Waals surface area (Å²) in [5.41, 5.74) is 1.98. The van der Waals surface area contributed by atoms with E-state index < -0.39 is 17.1 Å². The third-order valence-electron chi connectivity index (χ3n) is 4.53. The van der Waals surface area contributed by atoms with Crippen LogP contribution in [-0.2, 0) is 4.79 Å². The molecular weight excluding hydrogens is 402 g/mol. The number of nitro groups is 1. The lowest BCUT2D eigenvalue weighted by Crippen LogP contribution is -2.50. The molecule has 4 rings (SSSR count). The lowest BCUT2D eigenvalue weighted by Gasteiger charge is -2.43.